The van der Waals surface area contributed by atoms with Crippen molar-refractivity contribution in [3.8, 4) is 0 Å². The molecule has 0 unspecified atom stereocenters. The van der Waals surface area contributed by atoms with Gasteiger partial charge in [0.25, 0.3) is 0 Å². The first-order chi connectivity index (χ1) is 9.51. The van der Waals surface area contributed by atoms with Gasteiger partial charge in [0.05, 0.1) is 33.4 Å². The highest BCUT2D eigenvalue weighted by Crippen LogP contribution is 2.19. The minimum absolute atomic E-state index is 0.0239. The van der Waals surface area contributed by atoms with E-state index in [9.17, 15) is 14.4 Å². The van der Waals surface area contributed by atoms with Crippen LogP contribution in [0.15, 0.2) is 6.33 Å². The van der Waals surface area contributed by atoms with Gasteiger partial charge in [0.15, 0.2) is 5.69 Å². The van der Waals surface area contributed by atoms with Crippen LogP contribution in [-0.4, -0.2) is 48.8 Å². The SMILES string of the molecule is CCc1ncn(C(C(=O)OC)C(=O)OC)c1C(=O)OC. The number of hydrogen-bond acceptors (Lipinski definition) is 7. The fraction of sp³-hybridized carbons (Fsp3) is 0.500. The lowest BCUT2D eigenvalue weighted by atomic mass is 10.2. The molecule has 1 heterocycles. The molecule has 0 atom stereocenters. The minimum atomic E-state index is -1.44. The van der Waals surface area contributed by atoms with Crippen LogP contribution < -0.4 is 0 Å². The van der Waals surface area contributed by atoms with Gasteiger partial charge in [0.1, 0.15) is 0 Å². The van der Waals surface area contributed by atoms with E-state index in [4.69, 9.17) is 0 Å². The van der Waals surface area contributed by atoms with Crippen LogP contribution in [0.25, 0.3) is 0 Å². The maximum absolute atomic E-state index is 11.8. The van der Waals surface area contributed by atoms with Crippen molar-refractivity contribution in [1.29, 1.82) is 0 Å². The number of rotatable bonds is 5. The number of aromatic nitrogens is 2. The molecule has 0 fully saturated rings. The predicted molar refractivity (Wildman–Crippen MR) is 66.0 cm³/mol. The molecule has 8 heteroatoms. The Bertz CT molecular complexity index is 506. The number of imidazole rings is 1. The van der Waals surface area contributed by atoms with Gasteiger partial charge >= 0.3 is 17.9 Å². The van der Waals surface area contributed by atoms with Gasteiger partial charge in [-0.25, -0.2) is 19.4 Å². The molecular formula is C12H16N2O6. The van der Waals surface area contributed by atoms with Crippen molar-refractivity contribution < 1.29 is 28.6 Å². The summed E-state index contributed by atoms with van der Waals surface area (Å²) in [6.45, 7) is 1.78. The summed E-state index contributed by atoms with van der Waals surface area (Å²) in [4.78, 5) is 39.3. The van der Waals surface area contributed by atoms with Crippen LogP contribution in [0.2, 0.25) is 0 Å². The third kappa shape index (κ3) is 2.79. The standard InChI is InChI=1S/C12H16N2O6/c1-5-7-8(10(15)18-2)14(6-13-7)9(11(16)19-3)12(17)20-4/h6,9H,5H2,1-4H3. The fourth-order valence-corrected chi connectivity index (χ4v) is 1.72. The molecule has 110 valence electrons. The molecule has 20 heavy (non-hydrogen) atoms. The predicted octanol–water partition coefficient (Wildman–Crippen LogP) is 0.119. The van der Waals surface area contributed by atoms with Crippen molar-refractivity contribution in [2.45, 2.75) is 19.4 Å². The molecule has 0 N–H and O–H groups in total. The monoisotopic (exact) mass is 284 g/mol. The van der Waals surface area contributed by atoms with Crippen molar-refractivity contribution in [3.05, 3.63) is 17.7 Å². The van der Waals surface area contributed by atoms with E-state index in [0.717, 1.165) is 18.8 Å². The molecule has 0 aliphatic carbocycles. The van der Waals surface area contributed by atoms with Crippen LogP contribution in [0.5, 0.6) is 0 Å². The van der Waals surface area contributed by atoms with Crippen LogP contribution in [0.3, 0.4) is 0 Å². The van der Waals surface area contributed by atoms with Gasteiger partial charge in [-0.05, 0) is 6.42 Å². The second kappa shape index (κ2) is 6.69. The van der Waals surface area contributed by atoms with E-state index in [-0.39, 0.29) is 5.69 Å². The molecule has 8 nitrogen and oxygen atoms in total. The summed E-state index contributed by atoms with van der Waals surface area (Å²) in [6.07, 6.45) is 1.65. The lowest BCUT2D eigenvalue weighted by molar-refractivity contribution is -0.157. The van der Waals surface area contributed by atoms with Gasteiger partial charge in [0.2, 0.25) is 6.04 Å². The zero-order chi connectivity index (χ0) is 15.3. The number of carbonyl (C=O) groups excluding carboxylic acids is 3. The topological polar surface area (TPSA) is 96.7 Å². The number of carbonyl (C=O) groups is 3. The summed E-state index contributed by atoms with van der Waals surface area (Å²) in [5.74, 6) is -2.42. The Morgan fingerprint density at radius 2 is 1.70 bits per heavy atom. The maximum Gasteiger partial charge on any atom is 0.356 e. The van der Waals surface area contributed by atoms with Gasteiger partial charge in [-0.15, -0.1) is 0 Å². The zero-order valence-electron chi connectivity index (χ0n) is 11.7. The lowest BCUT2D eigenvalue weighted by Gasteiger charge is -2.16. The van der Waals surface area contributed by atoms with Crippen molar-refractivity contribution >= 4 is 17.9 Å². The highest BCUT2D eigenvalue weighted by atomic mass is 16.5. The number of hydrogen-bond donors (Lipinski definition) is 0. The van der Waals surface area contributed by atoms with Crippen LogP contribution in [0.1, 0.15) is 29.1 Å². The van der Waals surface area contributed by atoms with E-state index in [1.54, 1.807) is 6.92 Å². The maximum atomic E-state index is 11.8. The van der Waals surface area contributed by atoms with Crippen LogP contribution in [0, 0.1) is 0 Å². The van der Waals surface area contributed by atoms with E-state index in [0.29, 0.717) is 12.1 Å². The molecule has 1 aromatic rings. The Balaban J connectivity index is 3.40. The van der Waals surface area contributed by atoms with Gasteiger partial charge in [-0.2, -0.15) is 0 Å². The third-order valence-electron chi connectivity index (χ3n) is 2.71. The van der Waals surface area contributed by atoms with E-state index in [1.807, 2.05) is 0 Å². The molecule has 1 aromatic heterocycles. The molecule has 1 rings (SSSR count). The second-order valence-corrected chi connectivity index (χ2v) is 3.74. The van der Waals surface area contributed by atoms with Crippen molar-refractivity contribution in [2.24, 2.45) is 0 Å². The Morgan fingerprint density at radius 3 is 2.10 bits per heavy atom. The minimum Gasteiger partial charge on any atom is -0.467 e. The average molecular weight is 284 g/mol. The molecule has 0 spiro atoms. The summed E-state index contributed by atoms with van der Waals surface area (Å²) in [5.41, 5.74) is 0.436. The highest BCUT2D eigenvalue weighted by molar-refractivity contribution is 5.99. The van der Waals surface area contributed by atoms with Gasteiger partial charge in [0, 0.05) is 0 Å². The molecule has 0 radical (unpaired) electrons. The first-order valence-corrected chi connectivity index (χ1v) is 5.81. The molecule has 0 aliphatic heterocycles. The normalized spacial score (nSPS) is 10.2. The van der Waals surface area contributed by atoms with Crippen molar-refractivity contribution in [3.63, 3.8) is 0 Å². The van der Waals surface area contributed by atoms with Gasteiger partial charge in [-0.1, -0.05) is 6.92 Å². The third-order valence-corrected chi connectivity index (χ3v) is 2.71. The first kappa shape index (κ1) is 15.7. The summed E-state index contributed by atoms with van der Waals surface area (Å²) >= 11 is 0. The number of nitrogens with zero attached hydrogens (tertiary/aromatic N) is 2. The first-order valence-electron chi connectivity index (χ1n) is 5.81. The summed E-state index contributed by atoms with van der Waals surface area (Å²) in [6, 6.07) is -1.44. The number of ether oxygens (including phenoxy) is 3. The molecule has 0 saturated carbocycles. The quantitative estimate of drug-likeness (QED) is 0.430. The number of esters is 3. The van der Waals surface area contributed by atoms with Crippen molar-refractivity contribution in [1.82, 2.24) is 9.55 Å². The average Bonchev–Trinajstić information content (AvgIpc) is 2.89. The van der Waals surface area contributed by atoms with Crippen LogP contribution in [0.4, 0.5) is 0 Å². The van der Waals surface area contributed by atoms with Crippen LogP contribution >= 0.6 is 0 Å². The Morgan fingerprint density at radius 1 is 1.15 bits per heavy atom. The lowest BCUT2D eigenvalue weighted by Crippen LogP contribution is -2.31. The molecule has 0 saturated heterocycles. The highest BCUT2D eigenvalue weighted by Gasteiger charge is 2.35. The van der Waals surface area contributed by atoms with E-state index < -0.39 is 23.9 Å². The largest absolute Gasteiger partial charge is 0.467 e. The molecule has 0 aromatic carbocycles. The fourth-order valence-electron chi connectivity index (χ4n) is 1.72. The van der Waals surface area contributed by atoms with E-state index in [1.165, 1.54) is 13.4 Å². The number of methoxy groups -OCH3 is 3. The smallest absolute Gasteiger partial charge is 0.356 e. The molecule has 0 amide bonds. The Hall–Kier alpha value is -2.38. The molecule has 0 bridgehead atoms. The van der Waals surface area contributed by atoms with E-state index in [2.05, 4.69) is 19.2 Å². The second-order valence-electron chi connectivity index (χ2n) is 3.74. The summed E-state index contributed by atoms with van der Waals surface area (Å²) < 4.78 is 14.9. The van der Waals surface area contributed by atoms with E-state index >= 15 is 0 Å². The van der Waals surface area contributed by atoms with Crippen LogP contribution in [-0.2, 0) is 30.2 Å². The van der Waals surface area contributed by atoms with Gasteiger partial charge in [-0.3, -0.25) is 0 Å². The Labute approximate surface area is 115 Å². The van der Waals surface area contributed by atoms with Crippen molar-refractivity contribution in [2.75, 3.05) is 21.3 Å². The zero-order valence-corrected chi connectivity index (χ0v) is 11.7. The number of aryl methyl sites for hydroxylation is 1. The Kier molecular flexibility index (Phi) is 5.24. The molecule has 0 aliphatic rings. The summed E-state index contributed by atoms with van der Waals surface area (Å²) in [5, 5.41) is 0. The summed E-state index contributed by atoms with van der Waals surface area (Å²) in [7, 11) is 3.46. The van der Waals surface area contributed by atoms with Gasteiger partial charge < -0.3 is 18.8 Å². The molecular weight excluding hydrogens is 268 g/mol.